The third kappa shape index (κ3) is 3.37. The van der Waals surface area contributed by atoms with Crippen LogP contribution in [-0.4, -0.2) is 26.1 Å². The van der Waals surface area contributed by atoms with Crippen LogP contribution >= 0.6 is 11.6 Å². The molecule has 0 aliphatic carbocycles. The Balaban J connectivity index is 2.05. The predicted octanol–water partition coefficient (Wildman–Crippen LogP) is 3.61. The lowest BCUT2D eigenvalue weighted by Crippen LogP contribution is -2.41. The second-order valence-corrected chi connectivity index (χ2v) is 8.05. The highest BCUT2D eigenvalue weighted by atomic mass is 35.5. The van der Waals surface area contributed by atoms with E-state index in [1.807, 2.05) is 31.2 Å². The molecule has 0 radical (unpaired) electrons. The van der Waals surface area contributed by atoms with Gasteiger partial charge in [0.25, 0.3) is 5.91 Å². The molecule has 0 N–H and O–H groups in total. The van der Waals surface area contributed by atoms with E-state index in [0.29, 0.717) is 16.3 Å². The Kier molecular flexibility index (Phi) is 4.47. The molecule has 1 amide bonds. The second kappa shape index (κ2) is 6.42. The molecule has 124 valence electrons. The summed E-state index contributed by atoms with van der Waals surface area (Å²) in [5, 5.41) is 1.50. The Hall–Kier alpha value is -2.11. The maximum atomic E-state index is 13.1. The Morgan fingerprint density at radius 2 is 1.79 bits per heavy atom. The minimum absolute atomic E-state index is 0.128. The Bertz CT molecular complexity index is 904. The van der Waals surface area contributed by atoms with Crippen molar-refractivity contribution in [3.8, 4) is 0 Å². The number of anilines is 1. The van der Waals surface area contributed by atoms with Gasteiger partial charge in [-0.1, -0.05) is 41.4 Å². The maximum Gasteiger partial charge on any atom is 0.260 e. The molecule has 0 fully saturated rings. The first kappa shape index (κ1) is 16.7. The molecule has 2 aromatic rings. The van der Waals surface area contributed by atoms with Crippen LogP contribution in [-0.2, 0) is 9.84 Å². The number of nitrogens with zero attached hydrogens (tertiary/aromatic N) is 1. The molecule has 24 heavy (non-hydrogen) atoms. The van der Waals surface area contributed by atoms with Gasteiger partial charge in [-0.3, -0.25) is 4.79 Å². The van der Waals surface area contributed by atoms with Gasteiger partial charge in [-0.05, 0) is 37.3 Å². The summed E-state index contributed by atoms with van der Waals surface area (Å²) in [7, 11) is -3.29. The van der Waals surface area contributed by atoms with Gasteiger partial charge < -0.3 is 4.90 Å². The topological polar surface area (TPSA) is 54.5 Å². The highest BCUT2D eigenvalue weighted by Gasteiger charge is 2.32. The largest absolute Gasteiger partial charge is 0.300 e. The average Bonchev–Trinajstić information content (AvgIpc) is 2.89. The molecule has 2 aromatic carbocycles. The van der Waals surface area contributed by atoms with E-state index in [4.69, 9.17) is 11.6 Å². The molecule has 0 saturated heterocycles. The number of hydrogen-bond donors (Lipinski definition) is 0. The molecule has 1 aliphatic rings. The van der Waals surface area contributed by atoms with Crippen LogP contribution in [0.5, 0.6) is 0 Å². The van der Waals surface area contributed by atoms with Crippen molar-refractivity contribution in [2.24, 2.45) is 0 Å². The lowest BCUT2D eigenvalue weighted by molar-refractivity contribution is 0.0983. The van der Waals surface area contributed by atoms with Gasteiger partial charge in [0, 0.05) is 11.1 Å². The summed E-state index contributed by atoms with van der Waals surface area (Å²) in [5.41, 5.74) is 2.04. The number of aryl methyl sites for hydroxylation is 1. The molecule has 0 bridgehead atoms. The van der Waals surface area contributed by atoms with Gasteiger partial charge in [-0.15, -0.1) is 0 Å². The lowest BCUT2D eigenvalue weighted by Gasteiger charge is -2.28. The van der Waals surface area contributed by atoms with Crippen molar-refractivity contribution in [3.63, 3.8) is 0 Å². The molecule has 0 saturated carbocycles. The highest BCUT2D eigenvalue weighted by Crippen LogP contribution is 2.27. The van der Waals surface area contributed by atoms with Gasteiger partial charge in [-0.25, -0.2) is 8.42 Å². The average molecular weight is 362 g/mol. The summed E-state index contributed by atoms with van der Waals surface area (Å²) >= 11 is 6.15. The van der Waals surface area contributed by atoms with E-state index >= 15 is 0 Å². The fourth-order valence-corrected chi connectivity index (χ4v) is 4.13. The van der Waals surface area contributed by atoms with E-state index in [2.05, 4.69) is 0 Å². The molecular formula is C18H16ClNO3S. The van der Waals surface area contributed by atoms with Crippen molar-refractivity contribution in [3.05, 3.63) is 76.2 Å². The first-order valence-electron chi connectivity index (χ1n) is 7.43. The number of carbonyl (C=O) groups is 1. The van der Waals surface area contributed by atoms with Gasteiger partial charge in [0.15, 0.2) is 9.84 Å². The minimum atomic E-state index is -3.29. The van der Waals surface area contributed by atoms with Crippen LogP contribution in [0.2, 0.25) is 5.02 Å². The normalized spacial score (nSPS) is 18.5. The van der Waals surface area contributed by atoms with Crippen LogP contribution < -0.4 is 4.90 Å². The van der Waals surface area contributed by atoms with E-state index in [-0.39, 0.29) is 11.7 Å². The van der Waals surface area contributed by atoms with Crippen LogP contribution in [0.25, 0.3) is 0 Å². The zero-order chi connectivity index (χ0) is 17.3. The third-order valence-corrected chi connectivity index (χ3v) is 5.59. The van der Waals surface area contributed by atoms with Gasteiger partial charge in [-0.2, -0.15) is 0 Å². The number of halogens is 1. The summed E-state index contributed by atoms with van der Waals surface area (Å²) in [6, 6.07) is 13.6. The standard InChI is InChI=1S/C18H16ClNO3S/c1-13-6-8-14(9-7-13)20(15-10-11-24(22,23)12-15)18(21)16-4-2-3-5-17(16)19/h2-11,15H,12H2,1H3/t15-/m0/s1. The molecule has 1 atom stereocenters. The summed E-state index contributed by atoms with van der Waals surface area (Å²) in [6.07, 6.45) is 1.55. The quantitative estimate of drug-likeness (QED) is 0.839. The third-order valence-electron chi connectivity index (χ3n) is 3.88. The monoisotopic (exact) mass is 361 g/mol. The Morgan fingerprint density at radius 3 is 2.38 bits per heavy atom. The Labute approximate surface area is 146 Å². The van der Waals surface area contributed by atoms with Gasteiger partial charge >= 0.3 is 0 Å². The molecule has 1 aliphatic heterocycles. The maximum absolute atomic E-state index is 13.1. The van der Waals surface area contributed by atoms with E-state index in [9.17, 15) is 13.2 Å². The fourth-order valence-electron chi connectivity index (χ4n) is 2.65. The van der Waals surface area contributed by atoms with Crippen LogP contribution in [0.15, 0.2) is 60.0 Å². The fraction of sp³-hybridized carbons (Fsp3) is 0.167. The van der Waals surface area contributed by atoms with Gasteiger partial charge in [0.2, 0.25) is 0 Å². The highest BCUT2D eigenvalue weighted by molar-refractivity contribution is 7.94. The molecule has 0 spiro atoms. The van der Waals surface area contributed by atoms with Crippen LogP contribution in [0.3, 0.4) is 0 Å². The number of hydrogen-bond acceptors (Lipinski definition) is 3. The van der Waals surface area contributed by atoms with Crippen molar-refractivity contribution in [2.45, 2.75) is 13.0 Å². The zero-order valence-corrected chi connectivity index (χ0v) is 14.6. The zero-order valence-electron chi connectivity index (χ0n) is 13.0. The van der Waals surface area contributed by atoms with Crippen molar-refractivity contribution >= 4 is 33.0 Å². The Morgan fingerprint density at radius 1 is 1.12 bits per heavy atom. The summed E-state index contributed by atoms with van der Waals surface area (Å²) in [6.45, 7) is 1.95. The molecule has 0 aromatic heterocycles. The summed E-state index contributed by atoms with van der Waals surface area (Å²) in [5.74, 6) is -0.451. The van der Waals surface area contributed by atoms with Crippen LogP contribution in [0.4, 0.5) is 5.69 Å². The lowest BCUT2D eigenvalue weighted by atomic mass is 10.1. The SMILES string of the molecule is Cc1ccc(N(C(=O)c2ccccc2Cl)[C@H]2C=CS(=O)(=O)C2)cc1. The molecule has 4 nitrogen and oxygen atoms in total. The van der Waals surface area contributed by atoms with E-state index < -0.39 is 15.9 Å². The smallest absolute Gasteiger partial charge is 0.260 e. The number of amides is 1. The molecular weight excluding hydrogens is 346 g/mol. The van der Waals surface area contributed by atoms with Gasteiger partial charge in [0.1, 0.15) is 0 Å². The first-order chi connectivity index (χ1) is 11.4. The summed E-state index contributed by atoms with van der Waals surface area (Å²) < 4.78 is 23.6. The van der Waals surface area contributed by atoms with Gasteiger partial charge in [0.05, 0.1) is 22.4 Å². The molecule has 3 rings (SSSR count). The molecule has 0 unspecified atom stereocenters. The number of benzene rings is 2. The van der Waals surface area contributed by atoms with Crippen molar-refractivity contribution in [1.82, 2.24) is 0 Å². The van der Waals surface area contributed by atoms with Crippen molar-refractivity contribution in [1.29, 1.82) is 0 Å². The molecule has 1 heterocycles. The predicted molar refractivity (Wildman–Crippen MR) is 96.2 cm³/mol. The second-order valence-electron chi connectivity index (χ2n) is 5.72. The number of sulfone groups is 1. The minimum Gasteiger partial charge on any atom is -0.300 e. The summed E-state index contributed by atoms with van der Waals surface area (Å²) in [4.78, 5) is 14.5. The first-order valence-corrected chi connectivity index (χ1v) is 9.52. The van der Waals surface area contributed by atoms with Crippen molar-refractivity contribution in [2.75, 3.05) is 10.7 Å². The van der Waals surface area contributed by atoms with Crippen LogP contribution in [0, 0.1) is 6.92 Å². The van der Waals surface area contributed by atoms with E-state index in [1.165, 1.54) is 10.3 Å². The van der Waals surface area contributed by atoms with E-state index in [0.717, 1.165) is 5.56 Å². The number of carbonyl (C=O) groups excluding carboxylic acids is 1. The van der Waals surface area contributed by atoms with E-state index in [1.54, 1.807) is 30.3 Å². The molecule has 6 heteroatoms. The van der Waals surface area contributed by atoms with Crippen LogP contribution in [0.1, 0.15) is 15.9 Å². The van der Waals surface area contributed by atoms with Crippen molar-refractivity contribution < 1.29 is 13.2 Å². The number of rotatable bonds is 3.